The fraction of sp³-hybridized carbons (Fsp3) is 0.111. The number of aryl methyl sites for hydroxylation is 1. The molecule has 0 N–H and O–H groups in total. The molecule has 0 spiro atoms. The van der Waals surface area contributed by atoms with Gasteiger partial charge in [0.05, 0.1) is 0 Å². The topological polar surface area (TPSA) is 52.1 Å². The summed E-state index contributed by atoms with van der Waals surface area (Å²) in [4.78, 5) is 8.21. The summed E-state index contributed by atoms with van der Waals surface area (Å²) in [7, 11) is 0. The molecule has 0 unspecified atom stereocenters. The average Bonchev–Trinajstić information content (AvgIpc) is 2.63. The van der Waals surface area contributed by atoms with Gasteiger partial charge in [-0.2, -0.15) is 0 Å². The lowest BCUT2D eigenvalue weighted by Crippen LogP contribution is -1.69. The molecule has 0 amide bonds. The van der Waals surface area contributed by atoms with Crippen LogP contribution in [0.1, 0.15) is 5.89 Å². The molecule has 13 heavy (non-hydrogen) atoms. The van der Waals surface area contributed by atoms with Crippen LogP contribution < -0.4 is 0 Å². The molecule has 0 radical (unpaired) electrons. The molecule has 0 atom stereocenters. The molecule has 0 aliphatic heterocycles. The van der Waals surface area contributed by atoms with Gasteiger partial charge in [-0.3, -0.25) is 0 Å². The molecule has 0 fully saturated rings. The molecule has 64 valence electrons. The number of rotatable bonds is 0. The quantitative estimate of drug-likeness (QED) is 0.524. The SMILES string of the molecule is Cc1nc2cc3ocnc3cc2o1. The van der Waals surface area contributed by atoms with Crippen molar-refractivity contribution in [2.75, 3.05) is 0 Å². The van der Waals surface area contributed by atoms with Crippen molar-refractivity contribution in [1.82, 2.24) is 9.97 Å². The van der Waals surface area contributed by atoms with Gasteiger partial charge in [0.25, 0.3) is 0 Å². The lowest BCUT2D eigenvalue weighted by molar-refractivity contribution is 0.561. The first-order valence-electron chi connectivity index (χ1n) is 3.93. The van der Waals surface area contributed by atoms with E-state index in [0.717, 1.165) is 22.2 Å². The van der Waals surface area contributed by atoms with E-state index in [0.29, 0.717) is 5.89 Å². The standard InChI is InChI=1S/C9H6N2O2/c1-5-11-7-3-8-6(10-4-12-8)2-9(7)13-5/h2-4H,1H3. The highest BCUT2D eigenvalue weighted by Crippen LogP contribution is 2.21. The Morgan fingerprint density at radius 2 is 2.00 bits per heavy atom. The molecule has 2 aromatic heterocycles. The summed E-state index contributed by atoms with van der Waals surface area (Å²) >= 11 is 0. The van der Waals surface area contributed by atoms with Crippen molar-refractivity contribution in [3.8, 4) is 0 Å². The summed E-state index contributed by atoms with van der Waals surface area (Å²) in [5.74, 6) is 0.655. The number of aromatic nitrogens is 2. The van der Waals surface area contributed by atoms with Gasteiger partial charge >= 0.3 is 0 Å². The van der Waals surface area contributed by atoms with E-state index in [1.54, 1.807) is 0 Å². The van der Waals surface area contributed by atoms with Crippen LogP contribution in [0.15, 0.2) is 27.4 Å². The minimum atomic E-state index is 0.655. The monoisotopic (exact) mass is 174 g/mol. The smallest absolute Gasteiger partial charge is 0.192 e. The summed E-state index contributed by atoms with van der Waals surface area (Å²) in [6.45, 7) is 1.81. The van der Waals surface area contributed by atoms with Gasteiger partial charge in [0.15, 0.2) is 23.5 Å². The molecular weight excluding hydrogens is 168 g/mol. The minimum Gasteiger partial charge on any atom is -0.443 e. The fourth-order valence-corrected chi connectivity index (χ4v) is 1.39. The molecule has 4 nitrogen and oxygen atoms in total. The van der Waals surface area contributed by atoms with Crippen molar-refractivity contribution in [2.24, 2.45) is 0 Å². The lowest BCUT2D eigenvalue weighted by atomic mass is 10.3. The van der Waals surface area contributed by atoms with E-state index < -0.39 is 0 Å². The highest BCUT2D eigenvalue weighted by Gasteiger charge is 2.06. The van der Waals surface area contributed by atoms with Crippen LogP contribution in [-0.4, -0.2) is 9.97 Å². The molecule has 0 saturated heterocycles. The van der Waals surface area contributed by atoms with E-state index >= 15 is 0 Å². The molecule has 0 aliphatic rings. The van der Waals surface area contributed by atoms with Crippen molar-refractivity contribution >= 4 is 22.2 Å². The number of hydrogen-bond donors (Lipinski definition) is 0. The van der Waals surface area contributed by atoms with Gasteiger partial charge in [-0.25, -0.2) is 9.97 Å². The van der Waals surface area contributed by atoms with E-state index in [4.69, 9.17) is 8.83 Å². The predicted molar refractivity (Wildman–Crippen MR) is 46.3 cm³/mol. The number of fused-ring (bicyclic) bond motifs is 2. The van der Waals surface area contributed by atoms with Gasteiger partial charge < -0.3 is 8.83 Å². The zero-order valence-electron chi connectivity index (χ0n) is 6.94. The normalized spacial score (nSPS) is 11.5. The first-order valence-corrected chi connectivity index (χ1v) is 3.93. The maximum atomic E-state index is 5.35. The highest BCUT2D eigenvalue weighted by atomic mass is 16.3. The van der Waals surface area contributed by atoms with Crippen LogP contribution in [0.4, 0.5) is 0 Å². The highest BCUT2D eigenvalue weighted by molar-refractivity contribution is 5.88. The van der Waals surface area contributed by atoms with E-state index in [-0.39, 0.29) is 0 Å². The van der Waals surface area contributed by atoms with Crippen molar-refractivity contribution in [3.63, 3.8) is 0 Å². The summed E-state index contributed by atoms with van der Waals surface area (Å²) in [5, 5.41) is 0. The molecule has 2 heterocycles. The Morgan fingerprint density at radius 3 is 2.92 bits per heavy atom. The lowest BCUT2D eigenvalue weighted by Gasteiger charge is -1.84. The van der Waals surface area contributed by atoms with Gasteiger partial charge in [-0.05, 0) is 0 Å². The van der Waals surface area contributed by atoms with Crippen LogP contribution in [0, 0.1) is 6.92 Å². The third kappa shape index (κ3) is 0.853. The van der Waals surface area contributed by atoms with Crippen LogP contribution >= 0.6 is 0 Å². The first kappa shape index (κ1) is 6.65. The van der Waals surface area contributed by atoms with E-state index in [1.807, 2.05) is 19.1 Å². The Balaban J connectivity index is 2.54. The van der Waals surface area contributed by atoms with Gasteiger partial charge in [-0.15, -0.1) is 0 Å². The number of benzene rings is 1. The van der Waals surface area contributed by atoms with Crippen molar-refractivity contribution in [2.45, 2.75) is 6.92 Å². The summed E-state index contributed by atoms with van der Waals surface area (Å²) in [6.07, 6.45) is 1.41. The number of nitrogens with zero attached hydrogens (tertiary/aromatic N) is 2. The Hall–Kier alpha value is -1.84. The van der Waals surface area contributed by atoms with E-state index in [9.17, 15) is 0 Å². The van der Waals surface area contributed by atoms with Crippen LogP contribution in [-0.2, 0) is 0 Å². The number of hydrogen-bond acceptors (Lipinski definition) is 4. The van der Waals surface area contributed by atoms with Crippen LogP contribution in [0.3, 0.4) is 0 Å². The Kier molecular flexibility index (Phi) is 1.07. The Labute approximate surface area is 73.2 Å². The number of oxazole rings is 2. The average molecular weight is 174 g/mol. The second-order valence-corrected chi connectivity index (χ2v) is 2.87. The van der Waals surface area contributed by atoms with Gasteiger partial charge in [-0.1, -0.05) is 0 Å². The molecular formula is C9H6N2O2. The molecule has 0 bridgehead atoms. The van der Waals surface area contributed by atoms with Crippen molar-refractivity contribution in [1.29, 1.82) is 0 Å². The van der Waals surface area contributed by atoms with Gasteiger partial charge in [0.1, 0.15) is 11.0 Å². The van der Waals surface area contributed by atoms with Crippen LogP contribution in [0.25, 0.3) is 22.2 Å². The molecule has 3 aromatic rings. The zero-order valence-corrected chi connectivity index (χ0v) is 6.94. The second-order valence-electron chi connectivity index (χ2n) is 2.87. The van der Waals surface area contributed by atoms with E-state index in [2.05, 4.69) is 9.97 Å². The van der Waals surface area contributed by atoms with Gasteiger partial charge in [0.2, 0.25) is 0 Å². The molecule has 1 aromatic carbocycles. The van der Waals surface area contributed by atoms with Crippen molar-refractivity contribution < 1.29 is 8.83 Å². The van der Waals surface area contributed by atoms with Gasteiger partial charge in [0, 0.05) is 19.1 Å². The summed E-state index contributed by atoms with van der Waals surface area (Å²) < 4.78 is 10.5. The predicted octanol–water partition coefficient (Wildman–Crippen LogP) is 2.28. The van der Waals surface area contributed by atoms with Crippen molar-refractivity contribution in [3.05, 3.63) is 24.4 Å². The summed E-state index contributed by atoms with van der Waals surface area (Å²) in [6, 6.07) is 3.66. The second kappa shape index (κ2) is 2.10. The molecule has 0 aliphatic carbocycles. The third-order valence-electron chi connectivity index (χ3n) is 1.95. The first-order chi connectivity index (χ1) is 6.33. The Bertz CT molecular complexity index is 531. The molecule has 4 heteroatoms. The molecule has 3 rings (SSSR count). The minimum absolute atomic E-state index is 0.655. The largest absolute Gasteiger partial charge is 0.443 e. The Morgan fingerprint density at radius 1 is 1.15 bits per heavy atom. The van der Waals surface area contributed by atoms with Crippen LogP contribution in [0.5, 0.6) is 0 Å². The fourth-order valence-electron chi connectivity index (χ4n) is 1.39. The van der Waals surface area contributed by atoms with Crippen LogP contribution in [0.2, 0.25) is 0 Å². The third-order valence-corrected chi connectivity index (χ3v) is 1.95. The zero-order chi connectivity index (χ0) is 8.84. The maximum Gasteiger partial charge on any atom is 0.192 e. The maximum absolute atomic E-state index is 5.35. The molecule has 0 saturated carbocycles. The summed E-state index contributed by atoms with van der Waals surface area (Å²) in [5.41, 5.74) is 3.09. The van der Waals surface area contributed by atoms with E-state index in [1.165, 1.54) is 6.39 Å².